The van der Waals surface area contributed by atoms with E-state index in [1.807, 2.05) is 13.1 Å². The standard InChI is InChI=1S/C23H25N3O4/c1-24(14-16-6-2-3-7-18(16)25-8-4-5-9-25)15-26-19-13-21-20(29-10-11-30-21)12-17(19)22(27)23(26)28/h2-3,6-7,12-13H,4-5,8-11,14-15H2,1H3. The van der Waals surface area contributed by atoms with E-state index in [0.29, 0.717) is 49.2 Å². The third kappa shape index (κ3) is 3.29. The number of para-hydroxylation sites is 1. The van der Waals surface area contributed by atoms with Crippen molar-refractivity contribution in [3.05, 3.63) is 47.5 Å². The fourth-order valence-electron chi connectivity index (χ4n) is 4.46. The van der Waals surface area contributed by atoms with E-state index in [9.17, 15) is 9.59 Å². The number of amides is 1. The maximum atomic E-state index is 12.7. The zero-order valence-electron chi connectivity index (χ0n) is 17.1. The molecule has 0 spiro atoms. The van der Waals surface area contributed by atoms with Gasteiger partial charge in [0.2, 0.25) is 0 Å². The number of ether oxygens (including phenoxy) is 2. The lowest BCUT2D eigenvalue weighted by Crippen LogP contribution is -2.39. The molecule has 2 aromatic rings. The van der Waals surface area contributed by atoms with Crippen molar-refractivity contribution in [2.24, 2.45) is 0 Å². The number of Topliss-reactive ketones (excluding diaryl/α,β-unsaturated/α-hetero) is 1. The van der Waals surface area contributed by atoms with E-state index < -0.39 is 11.7 Å². The van der Waals surface area contributed by atoms with Gasteiger partial charge in [-0.15, -0.1) is 0 Å². The van der Waals surface area contributed by atoms with Crippen molar-refractivity contribution in [1.82, 2.24) is 4.90 Å². The van der Waals surface area contributed by atoms with Gasteiger partial charge in [-0.05, 0) is 37.6 Å². The molecule has 3 heterocycles. The zero-order valence-corrected chi connectivity index (χ0v) is 17.1. The lowest BCUT2D eigenvalue weighted by Gasteiger charge is -2.28. The maximum Gasteiger partial charge on any atom is 0.300 e. The smallest absolute Gasteiger partial charge is 0.300 e. The van der Waals surface area contributed by atoms with Crippen LogP contribution in [0.4, 0.5) is 11.4 Å². The largest absolute Gasteiger partial charge is 0.486 e. The van der Waals surface area contributed by atoms with Gasteiger partial charge in [-0.25, -0.2) is 0 Å². The first-order valence-corrected chi connectivity index (χ1v) is 10.4. The average Bonchev–Trinajstić information content (AvgIpc) is 3.37. The second kappa shape index (κ2) is 7.65. The number of carbonyl (C=O) groups excluding carboxylic acids is 2. The summed E-state index contributed by atoms with van der Waals surface area (Å²) in [5.74, 6) is 0.102. The van der Waals surface area contributed by atoms with Crippen molar-refractivity contribution in [2.45, 2.75) is 19.4 Å². The third-order valence-corrected chi connectivity index (χ3v) is 5.90. The van der Waals surface area contributed by atoms with E-state index in [1.165, 1.54) is 29.0 Å². The van der Waals surface area contributed by atoms with Crippen LogP contribution in [-0.2, 0) is 11.3 Å². The number of hydrogen-bond acceptors (Lipinski definition) is 6. The molecule has 0 aromatic heterocycles. The molecule has 7 heteroatoms. The molecule has 1 amide bonds. The molecule has 5 rings (SSSR count). The first kappa shape index (κ1) is 18.9. The summed E-state index contributed by atoms with van der Waals surface area (Å²) in [5.41, 5.74) is 3.46. The van der Waals surface area contributed by atoms with Gasteiger partial charge in [0.15, 0.2) is 11.5 Å². The van der Waals surface area contributed by atoms with Crippen LogP contribution in [0.2, 0.25) is 0 Å². The van der Waals surface area contributed by atoms with Gasteiger partial charge >= 0.3 is 5.91 Å². The normalized spacial score (nSPS) is 17.8. The monoisotopic (exact) mass is 407 g/mol. The van der Waals surface area contributed by atoms with Crippen LogP contribution in [0.1, 0.15) is 28.8 Å². The molecule has 3 aliphatic heterocycles. The Labute approximate surface area is 175 Å². The van der Waals surface area contributed by atoms with Gasteiger partial charge in [-0.3, -0.25) is 19.4 Å². The Bertz CT molecular complexity index is 1000. The molecule has 0 atom stereocenters. The molecule has 0 saturated carbocycles. The van der Waals surface area contributed by atoms with Crippen molar-refractivity contribution in [3.8, 4) is 11.5 Å². The summed E-state index contributed by atoms with van der Waals surface area (Å²) in [7, 11) is 1.97. The summed E-state index contributed by atoms with van der Waals surface area (Å²) in [6.07, 6.45) is 2.45. The van der Waals surface area contributed by atoms with Gasteiger partial charge in [0, 0.05) is 31.4 Å². The van der Waals surface area contributed by atoms with Crippen LogP contribution in [0.15, 0.2) is 36.4 Å². The predicted molar refractivity (Wildman–Crippen MR) is 113 cm³/mol. The highest BCUT2D eigenvalue weighted by atomic mass is 16.6. The van der Waals surface area contributed by atoms with E-state index >= 15 is 0 Å². The Kier molecular flexibility index (Phi) is 4.83. The van der Waals surface area contributed by atoms with E-state index in [1.54, 1.807) is 12.1 Å². The molecular formula is C23H25N3O4. The lowest BCUT2D eigenvalue weighted by molar-refractivity contribution is -0.114. The van der Waals surface area contributed by atoms with Gasteiger partial charge in [-0.2, -0.15) is 0 Å². The summed E-state index contributed by atoms with van der Waals surface area (Å²) in [5, 5.41) is 0. The van der Waals surface area contributed by atoms with Crippen molar-refractivity contribution >= 4 is 23.1 Å². The third-order valence-electron chi connectivity index (χ3n) is 5.90. The molecule has 0 aliphatic carbocycles. The number of rotatable bonds is 5. The minimum absolute atomic E-state index is 0.325. The molecule has 1 fully saturated rings. The number of nitrogens with zero attached hydrogens (tertiary/aromatic N) is 3. The van der Waals surface area contributed by atoms with Crippen molar-refractivity contribution in [3.63, 3.8) is 0 Å². The Hall–Kier alpha value is -3.06. The molecule has 156 valence electrons. The first-order valence-electron chi connectivity index (χ1n) is 10.4. The van der Waals surface area contributed by atoms with Gasteiger partial charge < -0.3 is 14.4 Å². The number of hydrogen-bond donors (Lipinski definition) is 0. The molecule has 0 bridgehead atoms. The molecule has 7 nitrogen and oxygen atoms in total. The topological polar surface area (TPSA) is 62.3 Å². The Morgan fingerprint density at radius 2 is 1.67 bits per heavy atom. The van der Waals surface area contributed by atoms with Crippen molar-refractivity contribution in [1.29, 1.82) is 0 Å². The number of anilines is 2. The Balaban J connectivity index is 1.37. The second-order valence-corrected chi connectivity index (χ2v) is 8.05. The number of ketones is 1. The average molecular weight is 407 g/mol. The fourth-order valence-corrected chi connectivity index (χ4v) is 4.46. The van der Waals surface area contributed by atoms with Crippen LogP contribution in [0.3, 0.4) is 0 Å². The molecular weight excluding hydrogens is 382 g/mol. The van der Waals surface area contributed by atoms with Gasteiger partial charge in [0.25, 0.3) is 5.78 Å². The first-order chi connectivity index (χ1) is 14.6. The number of benzene rings is 2. The molecule has 0 N–H and O–H groups in total. The highest BCUT2D eigenvalue weighted by Crippen LogP contribution is 2.40. The minimum atomic E-state index is -0.507. The maximum absolute atomic E-state index is 12.7. The SMILES string of the molecule is CN(Cc1ccccc1N1CCCC1)CN1C(=O)C(=O)c2cc3c(cc21)OCCO3. The highest BCUT2D eigenvalue weighted by Gasteiger charge is 2.38. The van der Waals surface area contributed by atoms with Crippen LogP contribution < -0.4 is 19.3 Å². The molecule has 2 aromatic carbocycles. The predicted octanol–water partition coefficient (Wildman–Crippen LogP) is 2.68. The van der Waals surface area contributed by atoms with Crippen molar-refractivity contribution in [2.75, 3.05) is 49.8 Å². The van der Waals surface area contributed by atoms with E-state index in [2.05, 4.69) is 28.0 Å². The molecule has 0 radical (unpaired) electrons. The molecule has 30 heavy (non-hydrogen) atoms. The highest BCUT2D eigenvalue weighted by molar-refractivity contribution is 6.52. The van der Waals surface area contributed by atoms with Crippen LogP contribution in [-0.4, -0.2) is 56.6 Å². The van der Waals surface area contributed by atoms with Crippen LogP contribution in [0, 0.1) is 0 Å². The summed E-state index contributed by atoms with van der Waals surface area (Å²) >= 11 is 0. The van der Waals surface area contributed by atoms with Crippen LogP contribution >= 0.6 is 0 Å². The molecule has 0 unspecified atom stereocenters. The number of fused-ring (bicyclic) bond motifs is 2. The van der Waals surface area contributed by atoms with Gasteiger partial charge in [0.1, 0.15) is 13.2 Å². The van der Waals surface area contributed by atoms with Crippen LogP contribution in [0.25, 0.3) is 0 Å². The lowest BCUT2D eigenvalue weighted by atomic mass is 10.1. The summed E-state index contributed by atoms with van der Waals surface area (Å²) in [6, 6.07) is 11.8. The quantitative estimate of drug-likeness (QED) is 0.711. The van der Waals surface area contributed by atoms with Gasteiger partial charge in [-0.1, -0.05) is 18.2 Å². The van der Waals surface area contributed by atoms with Gasteiger partial charge in [0.05, 0.1) is 17.9 Å². The summed E-state index contributed by atoms with van der Waals surface area (Å²) in [4.78, 5) is 31.3. The number of carbonyl (C=O) groups is 2. The Morgan fingerprint density at radius 1 is 0.967 bits per heavy atom. The Morgan fingerprint density at radius 3 is 2.43 bits per heavy atom. The van der Waals surface area contributed by atoms with E-state index in [-0.39, 0.29) is 0 Å². The van der Waals surface area contributed by atoms with E-state index in [4.69, 9.17) is 9.47 Å². The van der Waals surface area contributed by atoms with Crippen molar-refractivity contribution < 1.29 is 19.1 Å². The van der Waals surface area contributed by atoms with Crippen LogP contribution in [0.5, 0.6) is 11.5 Å². The fraction of sp³-hybridized carbons (Fsp3) is 0.391. The minimum Gasteiger partial charge on any atom is -0.486 e. The molecule has 1 saturated heterocycles. The molecule has 3 aliphatic rings. The second-order valence-electron chi connectivity index (χ2n) is 8.05. The zero-order chi connectivity index (χ0) is 20.7. The summed E-state index contributed by atoms with van der Waals surface area (Å²) in [6.45, 7) is 4.08. The summed E-state index contributed by atoms with van der Waals surface area (Å²) < 4.78 is 11.2. The van der Waals surface area contributed by atoms with E-state index in [0.717, 1.165) is 13.1 Å².